The molecule has 0 bridgehead atoms. The van der Waals surface area contributed by atoms with Crippen molar-refractivity contribution in [2.24, 2.45) is 0 Å². The van der Waals surface area contributed by atoms with Gasteiger partial charge in [0.15, 0.2) is 0 Å². The SMILES string of the molecule is COc1c(C(C)C)cc(C=C2C(=O)Nc3cccc(C(=O)O)c32)cc1C(C)C. The second-order valence-corrected chi connectivity index (χ2v) is 7.59. The van der Waals surface area contributed by atoms with E-state index >= 15 is 0 Å². The minimum Gasteiger partial charge on any atom is -0.496 e. The Bertz CT molecular complexity index is 957. The summed E-state index contributed by atoms with van der Waals surface area (Å²) < 4.78 is 5.67. The van der Waals surface area contributed by atoms with Crippen molar-refractivity contribution in [1.29, 1.82) is 0 Å². The van der Waals surface area contributed by atoms with Gasteiger partial charge in [-0.1, -0.05) is 33.8 Å². The van der Waals surface area contributed by atoms with Gasteiger partial charge in [0.05, 0.1) is 18.2 Å². The molecule has 2 aromatic carbocycles. The number of fused-ring (bicyclic) bond motifs is 1. The van der Waals surface area contributed by atoms with Crippen molar-refractivity contribution in [2.45, 2.75) is 39.5 Å². The van der Waals surface area contributed by atoms with E-state index in [0.717, 1.165) is 22.4 Å². The van der Waals surface area contributed by atoms with Crippen LogP contribution in [0.15, 0.2) is 30.3 Å². The number of methoxy groups -OCH3 is 1. The number of benzene rings is 2. The van der Waals surface area contributed by atoms with Gasteiger partial charge < -0.3 is 15.2 Å². The Morgan fingerprint density at radius 1 is 1.11 bits per heavy atom. The Hall–Kier alpha value is -3.08. The molecule has 0 aliphatic carbocycles. The maximum Gasteiger partial charge on any atom is 0.336 e. The highest BCUT2D eigenvalue weighted by Crippen LogP contribution is 2.39. The second-order valence-electron chi connectivity index (χ2n) is 7.59. The van der Waals surface area contributed by atoms with E-state index in [0.29, 0.717) is 16.8 Å². The molecule has 28 heavy (non-hydrogen) atoms. The summed E-state index contributed by atoms with van der Waals surface area (Å²) in [5.41, 5.74) is 4.42. The van der Waals surface area contributed by atoms with E-state index in [1.165, 1.54) is 6.07 Å². The molecule has 0 aromatic heterocycles. The van der Waals surface area contributed by atoms with Gasteiger partial charge >= 0.3 is 5.97 Å². The van der Waals surface area contributed by atoms with Crippen molar-refractivity contribution in [1.82, 2.24) is 0 Å². The van der Waals surface area contributed by atoms with Crippen LogP contribution < -0.4 is 10.1 Å². The molecule has 0 fully saturated rings. The number of carbonyl (C=O) groups is 2. The maximum atomic E-state index is 12.6. The van der Waals surface area contributed by atoms with Crippen LogP contribution >= 0.6 is 0 Å². The summed E-state index contributed by atoms with van der Waals surface area (Å²) >= 11 is 0. The largest absolute Gasteiger partial charge is 0.496 e. The molecule has 1 heterocycles. The quantitative estimate of drug-likeness (QED) is 0.706. The summed E-state index contributed by atoms with van der Waals surface area (Å²) in [5, 5.41) is 12.3. The molecule has 0 saturated heterocycles. The predicted molar refractivity (Wildman–Crippen MR) is 111 cm³/mol. The molecule has 2 aromatic rings. The molecular weight excluding hydrogens is 354 g/mol. The summed E-state index contributed by atoms with van der Waals surface area (Å²) in [5.74, 6) is 0.00113. The van der Waals surface area contributed by atoms with Crippen LogP contribution in [0.1, 0.15) is 72.1 Å². The summed E-state index contributed by atoms with van der Waals surface area (Å²) in [7, 11) is 1.67. The monoisotopic (exact) mass is 379 g/mol. The third-order valence-corrected chi connectivity index (χ3v) is 4.98. The average molecular weight is 379 g/mol. The van der Waals surface area contributed by atoms with Crippen molar-refractivity contribution in [3.8, 4) is 5.75 Å². The zero-order chi connectivity index (χ0) is 20.6. The first-order valence-electron chi connectivity index (χ1n) is 9.36. The third-order valence-electron chi connectivity index (χ3n) is 4.98. The van der Waals surface area contributed by atoms with E-state index in [2.05, 4.69) is 33.0 Å². The Labute approximate surface area is 165 Å². The molecular formula is C23H25NO4. The topological polar surface area (TPSA) is 75.6 Å². The number of hydrogen-bond acceptors (Lipinski definition) is 3. The standard InChI is InChI=1S/C23H25NO4/c1-12(2)16-9-14(10-17(13(3)4)21(16)28-5)11-18-20-15(23(26)27)7-6-8-19(20)24-22(18)25/h6-13H,1-5H3,(H,24,25)(H,26,27). The van der Waals surface area contributed by atoms with Crippen molar-refractivity contribution in [2.75, 3.05) is 12.4 Å². The molecule has 0 unspecified atom stereocenters. The van der Waals surface area contributed by atoms with Gasteiger partial charge in [-0.05, 0) is 58.9 Å². The van der Waals surface area contributed by atoms with E-state index in [4.69, 9.17) is 4.74 Å². The number of carboxylic acids is 1. The Balaban J connectivity index is 2.23. The van der Waals surface area contributed by atoms with Crippen LogP contribution in [0, 0.1) is 0 Å². The van der Waals surface area contributed by atoms with Gasteiger partial charge in [0.1, 0.15) is 5.75 Å². The fourth-order valence-electron chi connectivity index (χ4n) is 3.61. The number of aromatic carboxylic acids is 1. The van der Waals surface area contributed by atoms with Gasteiger partial charge in [-0.2, -0.15) is 0 Å². The highest BCUT2D eigenvalue weighted by atomic mass is 16.5. The van der Waals surface area contributed by atoms with Crippen molar-refractivity contribution >= 4 is 29.2 Å². The van der Waals surface area contributed by atoms with Crippen LogP contribution in [-0.4, -0.2) is 24.1 Å². The number of ether oxygens (including phenoxy) is 1. The lowest BCUT2D eigenvalue weighted by atomic mass is 9.90. The van der Waals surface area contributed by atoms with Crippen molar-refractivity contribution in [3.63, 3.8) is 0 Å². The first-order chi connectivity index (χ1) is 13.2. The fraction of sp³-hybridized carbons (Fsp3) is 0.304. The molecule has 1 aliphatic heterocycles. The van der Waals surface area contributed by atoms with Crippen LogP contribution in [0.5, 0.6) is 5.75 Å². The van der Waals surface area contributed by atoms with E-state index in [9.17, 15) is 14.7 Å². The molecule has 1 amide bonds. The lowest BCUT2D eigenvalue weighted by Crippen LogP contribution is -2.05. The Morgan fingerprint density at radius 2 is 1.71 bits per heavy atom. The predicted octanol–water partition coefficient (Wildman–Crippen LogP) is 5.13. The normalized spacial score (nSPS) is 14.5. The number of anilines is 1. The van der Waals surface area contributed by atoms with Crippen molar-refractivity contribution in [3.05, 3.63) is 58.1 Å². The lowest BCUT2D eigenvalue weighted by Gasteiger charge is -2.19. The Morgan fingerprint density at radius 3 is 2.21 bits per heavy atom. The van der Waals surface area contributed by atoms with Gasteiger partial charge in [0.25, 0.3) is 5.91 Å². The third kappa shape index (κ3) is 3.40. The van der Waals surface area contributed by atoms with Gasteiger partial charge in [-0.15, -0.1) is 0 Å². The molecule has 0 atom stereocenters. The maximum absolute atomic E-state index is 12.6. The van der Waals surface area contributed by atoms with Crippen molar-refractivity contribution < 1.29 is 19.4 Å². The number of carbonyl (C=O) groups excluding carboxylic acids is 1. The number of carboxylic acid groups (broad SMARTS) is 1. The molecule has 0 saturated carbocycles. The van der Waals surface area contributed by atoms with Crippen LogP contribution in [0.2, 0.25) is 0 Å². The molecule has 0 spiro atoms. The average Bonchev–Trinajstić information content (AvgIpc) is 2.96. The van der Waals surface area contributed by atoms with Gasteiger partial charge in [-0.25, -0.2) is 4.79 Å². The van der Waals surface area contributed by atoms with Crippen LogP contribution in [-0.2, 0) is 4.79 Å². The summed E-state index contributed by atoms with van der Waals surface area (Å²) in [6, 6.07) is 8.89. The van der Waals surface area contributed by atoms with E-state index in [1.54, 1.807) is 25.3 Å². The van der Waals surface area contributed by atoms with Crippen LogP contribution in [0.3, 0.4) is 0 Å². The molecule has 5 nitrogen and oxygen atoms in total. The molecule has 1 aliphatic rings. The second kappa shape index (κ2) is 7.50. The van der Waals surface area contributed by atoms with E-state index in [1.807, 2.05) is 12.1 Å². The number of amides is 1. The van der Waals surface area contributed by atoms with E-state index < -0.39 is 5.97 Å². The minimum atomic E-state index is -1.06. The zero-order valence-corrected chi connectivity index (χ0v) is 16.8. The number of hydrogen-bond donors (Lipinski definition) is 2. The first-order valence-corrected chi connectivity index (χ1v) is 9.36. The molecule has 2 N–H and O–H groups in total. The van der Waals surface area contributed by atoms with E-state index in [-0.39, 0.29) is 23.3 Å². The fourth-order valence-corrected chi connectivity index (χ4v) is 3.61. The minimum absolute atomic E-state index is 0.115. The smallest absolute Gasteiger partial charge is 0.336 e. The highest BCUT2D eigenvalue weighted by Gasteiger charge is 2.29. The molecule has 146 valence electrons. The highest BCUT2D eigenvalue weighted by molar-refractivity contribution is 6.36. The first kappa shape index (κ1) is 19.7. The summed E-state index contributed by atoms with van der Waals surface area (Å²) in [6.45, 7) is 8.38. The summed E-state index contributed by atoms with van der Waals surface area (Å²) in [4.78, 5) is 24.2. The van der Waals surface area contributed by atoms with Gasteiger partial charge in [0, 0.05) is 11.3 Å². The summed E-state index contributed by atoms with van der Waals surface area (Å²) in [6.07, 6.45) is 1.77. The van der Waals surface area contributed by atoms with Crippen LogP contribution in [0.4, 0.5) is 5.69 Å². The molecule has 5 heteroatoms. The molecule has 0 radical (unpaired) electrons. The van der Waals surface area contributed by atoms with Crippen LogP contribution in [0.25, 0.3) is 11.6 Å². The lowest BCUT2D eigenvalue weighted by molar-refractivity contribution is -0.110. The number of rotatable bonds is 5. The zero-order valence-electron chi connectivity index (χ0n) is 16.8. The molecule has 3 rings (SSSR count). The Kier molecular flexibility index (Phi) is 5.27. The van der Waals surface area contributed by atoms with Gasteiger partial charge in [-0.3, -0.25) is 4.79 Å². The van der Waals surface area contributed by atoms with Gasteiger partial charge in [0.2, 0.25) is 0 Å². The number of nitrogens with one attached hydrogen (secondary N) is 1.